The van der Waals surface area contributed by atoms with Gasteiger partial charge in [-0.25, -0.2) is 4.79 Å². The molecule has 4 nitrogen and oxygen atoms in total. The van der Waals surface area contributed by atoms with Gasteiger partial charge in [0.25, 0.3) is 5.91 Å². The summed E-state index contributed by atoms with van der Waals surface area (Å²) in [6, 6.07) is -0.454. The number of likely N-dealkylation sites (N-methyl/N-ethyl adjacent to an activating group) is 1. The molecule has 1 aliphatic heterocycles. The highest BCUT2D eigenvalue weighted by molar-refractivity contribution is 7.82. The van der Waals surface area contributed by atoms with Gasteiger partial charge in [0.1, 0.15) is 0 Å². The van der Waals surface area contributed by atoms with E-state index in [9.17, 15) is 9.59 Å². The van der Waals surface area contributed by atoms with Crippen LogP contribution in [0.2, 0.25) is 0 Å². The molecule has 9 heavy (non-hydrogen) atoms. The Morgan fingerprint density at radius 2 is 2.11 bits per heavy atom. The molecule has 5 heteroatoms. The number of rotatable bonds is 0. The molecule has 48 valence electrons. The predicted octanol–water partition coefficient (Wildman–Crippen LogP) is -0.505. The van der Waals surface area contributed by atoms with E-state index < -0.39 is 11.9 Å². The Morgan fingerprint density at radius 1 is 1.56 bits per heavy atom. The van der Waals surface area contributed by atoms with Crippen molar-refractivity contribution in [2.24, 2.45) is 0 Å². The van der Waals surface area contributed by atoms with E-state index in [1.165, 1.54) is 7.05 Å². The maximum atomic E-state index is 10.5. The lowest BCUT2D eigenvalue weighted by molar-refractivity contribution is -0.113. The van der Waals surface area contributed by atoms with Crippen molar-refractivity contribution < 1.29 is 9.59 Å². The van der Waals surface area contributed by atoms with Crippen LogP contribution in [-0.2, 0) is 4.79 Å². The Kier molecular flexibility index (Phi) is 1.21. The standard InChI is InChI=1S/C4H4N2O2S/c1-6-3(9)2(7)5-4(6)8/h1H3,(H,5,7,8). The average Bonchev–Trinajstić information content (AvgIpc) is 1.98. The highest BCUT2D eigenvalue weighted by Gasteiger charge is 2.29. The smallest absolute Gasteiger partial charge is 0.283 e. The van der Waals surface area contributed by atoms with E-state index in [4.69, 9.17) is 0 Å². The van der Waals surface area contributed by atoms with Crippen LogP contribution in [0.3, 0.4) is 0 Å². The summed E-state index contributed by atoms with van der Waals surface area (Å²) < 4.78 is 0. The number of hydrogen-bond donors (Lipinski definition) is 1. The molecule has 1 heterocycles. The second-order valence-electron chi connectivity index (χ2n) is 1.62. The molecule has 1 aliphatic rings. The van der Waals surface area contributed by atoms with E-state index in [1.807, 2.05) is 5.32 Å². The van der Waals surface area contributed by atoms with Crippen molar-refractivity contribution in [1.82, 2.24) is 10.2 Å². The minimum absolute atomic E-state index is 0.0278. The lowest BCUT2D eigenvalue weighted by Crippen LogP contribution is -2.25. The zero-order valence-corrected chi connectivity index (χ0v) is 5.49. The zero-order chi connectivity index (χ0) is 7.02. The second-order valence-corrected chi connectivity index (χ2v) is 2.01. The molecule has 0 aromatic carbocycles. The van der Waals surface area contributed by atoms with Crippen molar-refractivity contribution in [3.63, 3.8) is 0 Å². The molecule has 0 aliphatic carbocycles. The van der Waals surface area contributed by atoms with Gasteiger partial charge in [-0.05, 0) is 0 Å². The topological polar surface area (TPSA) is 49.4 Å². The molecule has 0 unspecified atom stereocenters. The summed E-state index contributed by atoms with van der Waals surface area (Å²) in [6.45, 7) is 0. The summed E-state index contributed by atoms with van der Waals surface area (Å²) in [5.41, 5.74) is 0. The molecule has 0 atom stereocenters. The molecule has 0 aromatic rings. The normalized spacial score (nSPS) is 18.8. The van der Waals surface area contributed by atoms with Crippen molar-refractivity contribution >= 4 is 29.1 Å². The van der Waals surface area contributed by atoms with Crippen LogP contribution in [-0.4, -0.2) is 28.9 Å². The summed E-state index contributed by atoms with van der Waals surface area (Å²) in [7, 11) is 1.45. The monoisotopic (exact) mass is 144 g/mol. The first-order valence-corrected chi connectivity index (χ1v) is 2.67. The van der Waals surface area contributed by atoms with Gasteiger partial charge in [0, 0.05) is 7.05 Å². The molecule has 0 saturated carbocycles. The fourth-order valence-corrected chi connectivity index (χ4v) is 0.613. The van der Waals surface area contributed by atoms with Crippen LogP contribution in [0.5, 0.6) is 0 Å². The van der Waals surface area contributed by atoms with Crippen LogP contribution in [0, 0.1) is 0 Å². The van der Waals surface area contributed by atoms with E-state index in [1.54, 1.807) is 0 Å². The lowest BCUT2D eigenvalue weighted by atomic mass is 10.6. The maximum Gasteiger partial charge on any atom is 0.329 e. The van der Waals surface area contributed by atoms with Crippen LogP contribution in [0.25, 0.3) is 0 Å². The van der Waals surface area contributed by atoms with Crippen LogP contribution >= 0.6 is 12.2 Å². The van der Waals surface area contributed by atoms with Crippen molar-refractivity contribution in [1.29, 1.82) is 0 Å². The van der Waals surface area contributed by atoms with Crippen LogP contribution in [0.4, 0.5) is 4.79 Å². The van der Waals surface area contributed by atoms with Gasteiger partial charge in [0.2, 0.25) is 0 Å². The van der Waals surface area contributed by atoms with Crippen molar-refractivity contribution in [2.75, 3.05) is 7.05 Å². The van der Waals surface area contributed by atoms with Gasteiger partial charge in [-0.1, -0.05) is 12.2 Å². The van der Waals surface area contributed by atoms with E-state index in [0.29, 0.717) is 0 Å². The third-order valence-corrected chi connectivity index (χ3v) is 1.48. The molecule has 1 N–H and O–H groups in total. The zero-order valence-electron chi connectivity index (χ0n) is 4.67. The summed E-state index contributed by atoms with van der Waals surface area (Å²) in [4.78, 5) is 22.1. The summed E-state index contributed by atoms with van der Waals surface area (Å²) >= 11 is 4.53. The number of carbonyl (C=O) groups excluding carboxylic acids is 2. The van der Waals surface area contributed by atoms with Crippen LogP contribution < -0.4 is 5.32 Å². The molecular weight excluding hydrogens is 140 g/mol. The van der Waals surface area contributed by atoms with Gasteiger partial charge in [-0.2, -0.15) is 0 Å². The molecule has 1 saturated heterocycles. The Labute approximate surface area is 56.8 Å². The second kappa shape index (κ2) is 1.77. The number of thiocarbonyl (C=S) groups is 1. The van der Waals surface area contributed by atoms with Gasteiger partial charge in [0.05, 0.1) is 0 Å². The maximum absolute atomic E-state index is 10.5. The molecule has 0 spiro atoms. The fraction of sp³-hybridized carbons (Fsp3) is 0.250. The van der Waals surface area contributed by atoms with Crippen molar-refractivity contribution in [2.45, 2.75) is 0 Å². The van der Waals surface area contributed by atoms with Gasteiger partial charge in [-0.15, -0.1) is 0 Å². The first-order valence-electron chi connectivity index (χ1n) is 2.26. The van der Waals surface area contributed by atoms with Crippen molar-refractivity contribution in [3.8, 4) is 0 Å². The van der Waals surface area contributed by atoms with Crippen LogP contribution in [0.1, 0.15) is 0 Å². The Balaban J connectivity index is 2.90. The van der Waals surface area contributed by atoms with E-state index in [0.717, 1.165) is 4.90 Å². The number of hydrogen-bond acceptors (Lipinski definition) is 3. The number of nitrogens with zero attached hydrogens (tertiary/aromatic N) is 1. The molecule has 0 bridgehead atoms. The average molecular weight is 144 g/mol. The minimum atomic E-state index is -0.488. The van der Waals surface area contributed by atoms with Gasteiger partial charge in [0.15, 0.2) is 4.99 Å². The largest absolute Gasteiger partial charge is 0.329 e. The Bertz CT molecular complexity index is 201. The first-order chi connectivity index (χ1) is 4.13. The third kappa shape index (κ3) is 0.787. The highest BCUT2D eigenvalue weighted by atomic mass is 32.1. The van der Waals surface area contributed by atoms with Gasteiger partial charge < -0.3 is 0 Å². The number of urea groups is 1. The fourth-order valence-electron chi connectivity index (χ4n) is 0.479. The Hall–Kier alpha value is -0.970. The molecule has 0 aromatic heterocycles. The van der Waals surface area contributed by atoms with E-state index in [-0.39, 0.29) is 4.99 Å². The Morgan fingerprint density at radius 3 is 2.22 bits per heavy atom. The molecule has 1 rings (SSSR count). The van der Waals surface area contributed by atoms with Crippen molar-refractivity contribution in [3.05, 3.63) is 0 Å². The summed E-state index contributed by atoms with van der Waals surface area (Å²) in [6.07, 6.45) is 0. The minimum Gasteiger partial charge on any atom is -0.283 e. The van der Waals surface area contributed by atoms with E-state index >= 15 is 0 Å². The lowest BCUT2D eigenvalue weighted by Gasteiger charge is -2.00. The summed E-state index contributed by atoms with van der Waals surface area (Å²) in [5.74, 6) is -0.488. The molecule has 0 radical (unpaired) electrons. The van der Waals surface area contributed by atoms with Crippen LogP contribution in [0.15, 0.2) is 0 Å². The van der Waals surface area contributed by atoms with Gasteiger partial charge >= 0.3 is 6.03 Å². The number of amides is 3. The molecular formula is C4H4N2O2S. The first kappa shape index (κ1) is 6.15. The number of carbonyl (C=O) groups is 2. The number of imide groups is 1. The number of nitrogens with one attached hydrogen (secondary N) is 1. The molecule has 3 amide bonds. The molecule has 1 fully saturated rings. The predicted molar refractivity (Wildman–Crippen MR) is 33.9 cm³/mol. The van der Waals surface area contributed by atoms with Gasteiger partial charge in [-0.3, -0.25) is 15.0 Å². The van der Waals surface area contributed by atoms with E-state index in [2.05, 4.69) is 12.2 Å². The highest BCUT2D eigenvalue weighted by Crippen LogP contribution is 1.96. The quantitative estimate of drug-likeness (QED) is 0.368. The summed E-state index contributed by atoms with van der Waals surface area (Å²) in [5, 5.41) is 2.02. The SMILES string of the molecule is CN1C(=O)NC(=O)C1=S. The third-order valence-electron chi connectivity index (χ3n) is 1.02.